The van der Waals surface area contributed by atoms with E-state index < -0.39 is 16.6 Å². The Kier molecular flexibility index (Phi) is 18.1. The van der Waals surface area contributed by atoms with Crippen LogP contribution in [0.25, 0.3) is 0 Å². The van der Waals surface area contributed by atoms with Crippen molar-refractivity contribution in [1.29, 1.82) is 0 Å². The van der Waals surface area contributed by atoms with Crippen molar-refractivity contribution >= 4 is 16.6 Å². The highest BCUT2D eigenvalue weighted by Gasteiger charge is 2.35. The number of unbranched alkanes of at least 4 members (excludes halogenated alkanes) is 1. The van der Waals surface area contributed by atoms with Gasteiger partial charge in [-0.15, -0.1) is 46.1 Å². The van der Waals surface area contributed by atoms with Crippen LogP contribution in [0.2, 0.25) is 36.3 Å². The van der Waals surface area contributed by atoms with Crippen LogP contribution < -0.4 is 0 Å². The second-order valence-corrected chi connectivity index (χ2v) is 16.9. The maximum atomic E-state index is 6.81. The molecule has 0 aromatic heterocycles. The molecule has 0 spiro atoms. The molecule has 0 rings (SSSR count). The number of rotatable bonds is 24. The summed E-state index contributed by atoms with van der Waals surface area (Å²) < 4.78 is 13.6. The van der Waals surface area contributed by atoms with Crippen LogP contribution in [-0.2, 0) is 8.85 Å². The average molecular weight is 487 g/mol. The standard InChI is InChI=1S/C29H50O2Si2/c1-9-17-19-29(27-31-33(23-14-6,24-15-7)25-16-8)28(18-10-2)26-30-32(20-11-3,21-12-4)22-13-5/h10-16,28-29H,2-9,17-27H2,1H3. The number of allylic oxidation sites excluding steroid dienone is 7. The fourth-order valence-electron chi connectivity index (χ4n) is 4.53. The van der Waals surface area contributed by atoms with Gasteiger partial charge in [-0.2, -0.15) is 0 Å². The fourth-order valence-corrected chi connectivity index (χ4v) is 10.5. The Morgan fingerprint density at radius 3 is 1.24 bits per heavy atom. The summed E-state index contributed by atoms with van der Waals surface area (Å²) in [5, 5.41) is 0. The van der Waals surface area contributed by atoms with Crippen molar-refractivity contribution in [2.75, 3.05) is 13.2 Å². The van der Waals surface area contributed by atoms with Gasteiger partial charge in [0.15, 0.2) is 0 Å². The van der Waals surface area contributed by atoms with E-state index in [9.17, 15) is 0 Å². The molecule has 186 valence electrons. The summed E-state index contributed by atoms with van der Waals surface area (Å²) in [7, 11) is -4.04. The Morgan fingerprint density at radius 2 is 0.939 bits per heavy atom. The van der Waals surface area contributed by atoms with E-state index in [-0.39, 0.29) is 0 Å². The molecular formula is C29H50O2Si2. The summed E-state index contributed by atoms with van der Waals surface area (Å²) in [6.45, 7) is 31.7. The van der Waals surface area contributed by atoms with Crippen molar-refractivity contribution < 1.29 is 8.85 Å². The molecule has 0 saturated carbocycles. The average Bonchev–Trinajstić information content (AvgIpc) is 2.78. The second kappa shape index (κ2) is 18.9. The molecule has 2 unspecified atom stereocenters. The lowest BCUT2D eigenvalue weighted by molar-refractivity contribution is 0.125. The Hall–Kier alpha value is -1.47. The van der Waals surface area contributed by atoms with Crippen molar-refractivity contribution in [3.8, 4) is 0 Å². The van der Waals surface area contributed by atoms with E-state index in [1.807, 2.05) is 42.5 Å². The Labute approximate surface area is 207 Å². The lowest BCUT2D eigenvalue weighted by Gasteiger charge is -2.36. The first-order valence-electron chi connectivity index (χ1n) is 12.5. The normalized spacial score (nSPS) is 13.5. The van der Waals surface area contributed by atoms with E-state index in [2.05, 4.69) is 53.0 Å². The molecule has 0 N–H and O–H groups in total. The molecule has 2 nitrogen and oxygen atoms in total. The van der Waals surface area contributed by atoms with Crippen LogP contribution >= 0.6 is 0 Å². The molecule has 0 radical (unpaired) electrons. The van der Waals surface area contributed by atoms with Crippen molar-refractivity contribution in [1.82, 2.24) is 0 Å². The minimum Gasteiger partial charge on any atom is -0.416 e. The highest BCUT2D eigenvalue weighted by Crippen LogP contribution is 2.32. The zero-order chi connectivity index (χ0) is 25.0. The summed E-state index contributed by atoms with van der Waals surface area (Å²) in [4.78, 5) is 0. The van der Waals surface area contributed by atoms with Gasteiger partial charge in [-0.05, 0) is 60.9 Å². The van der Waals surface area contributed by atoms with E-state index >= 15 is 0 Å². The molecule has 0 bridgehead atoms. The van der Waals surface area contributed by atoms with E-state index in [1.165, 1.54) is 12.8 Å². The van der Waals surface area contributed by atoms with Gasteiger partial charge in [0, 0.05) is 13.2 Å². The molecule has 0 heterocycles. The summed E-state index contributed by atoms with van der Waals surface area (Å²) in [6, 6.07) is 5.49. The van der Waals surface area contributed by atoms with Gasteiger partial charge in [-0.1, -0.05) is 62.3 Å². The topological polar surface area (TPSA) is 18.5 Å². The molecule has 4 heteroatoms. The molecule has 2 atom stereocenters. The van der Waals surface area contributed by atoms with E-state index in [1.54, 1.807) is 0 Å². The molecule has 0 aliphatic heterocycles. The third-order valence-corrected chi connectivity index (χ3v) is 14.1. The highest BCUT2D eigenvalue weighted by molar-refractivity contribution is 6.75. The summed E-state index contributed by atoms with van der Waals surface area (Å²) in [5.41, 5.74) is 0. The maximum Gasteiger partial charge on any atom is 0.203 e. The molecular weight excluding hydrogens is 436 g/mol. The first-order chi connectivity index (χ1) is 16.0. The molecule has 0 aromatic rings. The molecule has 33 heavy (non-hydrogen) atoms. The van der Waals surface area contributed by atoms with Gasteiger partial charge < -0.3 is 8.85 Å². The van der Waals surface area contributed by atoms with Crippen LogP contribution in [0.3, 0.4) is 0 Å². The van der Waals surface area contributed by atoms with Crippen molar-refractivity contribution in [2.24, 2.45) is 11.8 Å². The van der Waals surface area contributed by atoms with Gasteiger partial charge in [0.1, 0.15) is 0 Å². The van der Waals surface area contributed by atoms with Crippen LogP contribution in [0, 0.1) is 11.8 Å². The van der Waals surface area contributed by atoms with E-state index in [0.717, 1.165) is 62.3 Å². The zero-order valence-electron chi connectivity index (χ0n) is 21.4. The molecule has 0 aliphatic carbocycles. The molecule has 0 fully saturated rings. The number of hydrogen-bond acceptors (Lipinski definition) is 2. The maximum absolute atomic E-state index is 6.81. The second-order valence-electron chi connectivity index (χ2n) is 9.13. The summed E-state index contributed by atoms with van der Waals surface area (Å²) >= 11 is 0. The van der Waals surface area contributed by atoms with Gasteiger partial charge in [-0.3, -0.25) is 0 Å². The molecule has 0 aliphatic rings. The van der Waals surface area contributed by atoms with Crippen LogP contribution in [0.4, 0.5) is 0 Å². The van der Waals surface area contributed by atoms with Crippen molar-refractivity contribution in [2.45, 2.75) is 68.9 Å². The fraction of sp³-hybridized carbons (Fsp3) is 0.517. The molecule has 0 amide bonds. The minimum atomic E-state index is -2.02. The Balaban J connectivity index is 5.72. The first-order valence-corrected chi connectivity index (χ1v) is 17.6. The molecule has 0 aromatic carbocycles. The van der Waals surface area contributed by atoms with Gasteiger partial charge in [0.2, 0.25) is 16.6 Å². The predicted octanol–water partition coefficient (Wildman–Crippen LogP) is 9.03. The molecule has 0 saturated heterocycles. The lowest BCUT2D eigenvalue weighted by Crippen LogP contribution is -2.41. The SMILES string of the molecule is C=CCC(CO[Si](CC=C)(CC=C)CC=C)C(CCCC)CO[Si](CC=C)(CC=C)CC=C. The smallest absolute Gasteiger partial charge is 0.203 e. The van der Waals surface area contributed by atoms with Gasteiger partial charge in [-0.25, -0.2) is 0 Å². The quantitative estimate of drug-likeness (QED) is 0.100. The van der Waals surface area contributed by atoms with Gasteiger partial charge in [0.25, 0.3) is 0 Å². The van der Waals surface area contributed by atoms with Crippen molar-refractivity contribution in [3.63, 3.8) is 0 Å². The largest absolute Gasteiger partial charge is 0.416 e. The van der Waals surface area contributed by atoms with Crippen LogP contribution in [0.15, 0.2) is 88.6 Å². The van der Waals surface area contributed by atoms with Crippen LogP contribution in [-0.4, -0.2) is 29.8 Å². The number of hydrogen-bond donors (Lipinski definition) is 0. The predicted molar refractivity (Wildman–Crippen MR) is 155 cm³/mol. The summed E-state index contributed by atoms with van der Waals surface area (Å²) in [6.07, 6.45) is 18.5. The van der Waals surface area contributed by atoms with Gasteiger partial charge >= 0.3 is 0 Å². The minimum absolute atomic E-state index is 0.378. The lowest BCUT2D eigenvalue weighted by atomic mass is 9.87. The third kappa shape index (κ3) is 12.0. The Bertz CT molecular complexity index is 558. The summed E-state index contributed by atoms with van der Waals surface area (Å²) in [5.74, 6) is 0.806. The third-order valence-electron chi connectivity index (χ3n) is 6.37. The van der Waals surface area contributed by atoms with Crippen LogP contribution in [0.5, 0.6) is 0 Å². The highest BCUT2D eigenvalue weighted by atomic mass is 28.4. The monoisotopic (exact) mass is 486 g/mol. The zero-order valence-corrected chi connectivity index (χ0v) is 23.4. The van der Waals surface area contributed by atoms with E-state index in [0.29, 0.717) is 11.8 Å². The van der Waals surface area contributed by atoms with E-state index in [4.69, 9.17) is 8.85 Å². The van der Waals surface area contributed by atoms with Crippen LogP contribution in [0.1, 0.15) is 32.6 Å². The van der Waals surface area contributed by atoms with Crippen molar-refractivity contribution in [3.05, 3.63) is 88.6 Å². The Morgan fingerprint density at radius 1 is 0.576 bits per heavy atom. The van der Waals surface area contributed by atoms with Gasteiger partial charge in [0.05, 0.1) is 0 Å². The first kappa shape index (κ1) is 31.5.